The van der Waals surface area contributed by atoms with Crippen molar-refractivity contribution in [2.24, 2.45) is 10.8 Å². The van der Waals surface area contributed by atoms with Crippen molar-refractivity contribution in [2.75, 3.05) is 40.3 Å². The third-order valence-corrected chi connectivity index (χ3v) is 6.00. The predicted molar refractivity (Wildman–Crippen MR) is 83.9 cm³/mol. The lowest BCUT2D eigenvalue weighted by atomic mass is 9.60. The molecular formula is C17H32N2O. The minimum atomic E-state index is 0.0162. The summed E-state index contributed by atoms with van der Waals surface area (Å²) >= 11 is 0. The second-order valence-corrected chi connectivity index (χ2v) is 7.42. The molecule has 1 aliphatic carbocycles. The topological polar surface area (TPSA) is 23.6 Å². The normalized spacial score (nSPS) is 30.6. The fourth-order valence-corrected chi connectivity index (χ4v) is 4.17. The van der Waals surface area contributed by atoms with Crippen LogP contribution in [0.3, 0.4) is 0 Å². The molecule has 3 heteroatoms. The van der Waals surface area contributed by atoms with Gasteiger partial charge >= 0.3 is 0 Å². The molecule has 1 spiro atoms. The third-order valence-electron chi connectivity index (χ3n) is 6.00. The number of carbonyl (C=O) groups is 1. The Balaban J connectivity index is 1.94. The van der Waals surface area contributed by atoms with Crippen molar-refractivity contribution in [1.82, 2.24) is 9.80 Å². The van der Waals surface area contributed by atoms with Crippen LogP contribution in [0.1, 0.15) is 52.4 Å². The van der Waals surface area contributed by atoms with Crippen LogP contribution in [0, 0.1) is 10.8 Å². The van der Waals surface area contributed by atoms with Crippen LogP contribution in [0.5, 0.6) is 0 Å². The number of likely N-dealkylation sites (N-methyl/N-ethyl adjacent to an activating group) is 1. The molecule has 0 amide bonds. The summed E-state index contributed by atoms with van der Waals surface area (Å²) in [5.74, 6) is 0.559. The first-order valence-electron chi connectivity index (χ1n) is 8.36. The smallest absolute Gasteiger partial charge is 0.139 e. The van der Waals surface area contributed by atoms with Gasteiger partial charge in [0.25, 0.3) is 0 Å². The highest BCUT2D eigenvalue weighted by atomic mass is 16.1. The van der Waals surface area contributed by atoms with Gasteiger partial charge in [0.1, 0.15) is 5.78 Å². The molecule has 1 aliphatic heterocycles. The third kappa shape index (κ3) is 3.09. The zero-order chi connectivity index (χ0) is 14.8. The summed E-state index contributed by atoms with van der Waals surface area (Å²) in [5, 5.41) is 0. The van der Waals surface area contributed by atoms with Gasteiger partial charge in [0.15, 0.2) is 0 Å². The molecule has 0 aromatic carbocycles. The Morgan fingerprint density at radius 1 is 1.15 bits per heavy atom. The van der Waals surface area contributed by atoms with Gasteiger partial charge in [-0.15, -0.1) is 0 Å². The van der Waals surface area contributed by atoms with Gasteiger partial charge in [-0.3, -0.25) is 4.79 Å². The molecule has 1 saturated heterocycles. The van der Waals surface area contributed by atoms with Crippen LogP contribution in [-0.4, -0.2) is 55.9 Å². The lowest BCUT2D eigenvalue weighted by molar-refractivity contribution is -0.136. The van der Waals surface area contributed by atoms with E-state index in [9.17, 15) is 4.79 Å². The summed E-state index contributed by atoms with van der Waals surface area (Å²) in [6, 6.07) is 0. The second-order valence-electron chi connectivity index (χ2n) is 7.42. The Morgan fingerprint density at radius 2 is 1.85 bits per heavy atom. The van der Waals surface area contributed by atoms with Crippen LogP contribution >= 0.6 is 0 Å². The van der Waals surface area contributed by atoms with E-state index in [1.54, 1.807) is 0 Å². The van der Waals surface area contributed by atoms with Crippen molar-refractivity contribution in [1.29, 1.82) is 0 Å². The minimum absolute atomic E-state index is 0.0162. The molecule has 20 heavy (non-hydrogen) atoms. The second kappa shape index (κ2) is 6.15. The summed E-state index contributed by atoms with van der Waals surface area (Å²) < 4.78 is 0. The quantitative estimate of drug-likeness (QED) is 0.773. The van der Waals surface area contributed by atoms with Crippen molar-refractivity contribution in [3.05, 3.63) is 0 Å². The maximum absolute atomic E-state index is 12.7. The average Bonchev–Trinajstić information content (AvgIpc) is 2.81. The van der Waals surface area contributed by atoms with Crippen LogP contribution in [0.15, 0.2) is 0 Å². The SMILES string of the molecule is CCC1(CC)CCC2(CCN(CCN(C)C)C2)CC1=O. The molecular weight excluding hydrogens is 248 g/mol. The summed E-state index contributed by atoms with van der Waals surface area (Å²) in [7, 11) is 4.26. The van der Waals surface area contributed by atoms with E-state index in [-0.39, 0.29) is 5.41 Å². The van der Waals surface area contributed by atoms with E-state index in [1.807, 2.05) is 0 Å². The fraction of sp³-hybridized carbons (Fsp3) is 0.941. The molecule has 0 N–H and O–H groups in total. The van der Waals surface area contributed by atoms with Crippen LogP contribution in [0.25, 0.3) is 0 Å². The lowest BCUT2D eigenvalue weighted by Crippen LogP contribution is -2.43. The number of hydrogen-bond acceptors (Lipinski definition) is 3. The molecule has 0 aromatic rings. The van der Waals surface area contributed by atoms with Gasteiger partial charge in [-0.2, -0.15) is 0 Å². The van der Waals surface area contributed by atoms with E-state index in [4.69, 9.17) is 0 Å². The van der Waals surface area contributed by atoms with Crippen LogP contribution in [-0.2, 0) is 4.79 Å². The fourth-order valence-electron chi connectivity index (χ4n) is 4.17. The predicted octanol–water partition coefficient (Wildman–Crippen LogP) is 2.80. The van der Waals surface area contributed by atoms with Crippen LogP contribution in [0.2, 0.25) is 0 Å². The van der Waals surface area contributed by atoms with E-state index in [0.29, 0.717) is 11.2 Å². The van der Waals surface area contributed by atoms with Crippen molar-refractivity contribution < 1.29 is 4.79 Å². The van der Waals surface area contributed by atoms with E-state index in [0.717, 1.165) is 45.3 Å². The molecule has 1 saturated carbocycles. The van der Waals surface area contributed by atoms with Gasteiger partial charge in [-0.25, -0.2) is 0 Å². The van der Waals surface area contributed by atoms with E-state index in [1.165, 1.54) is 19.4 Å². The van der Waals surface area contributed by atoms with Gasteiger partial charge in [0.05, 0.1) is 0 Å². The zero-order valence-corrected chi connectivity index (χ0v) is 13.9. The van der Waals surface area contributed by atoms with Gasteiger partial charge in [0, 0.05) is 31.5 Å². The van der Waals surface area contributed by atoms with Crippen molar-refractivity contribution in [2.45, 2.75) is 52.4 Å². The van der Waals surface area contributed by atoms with E-state index < -0.39 is 0 Å². The van der Waals surface area contributed by atoms with Crippen molar-refractivity contribution in [3.63, 3.8) is 0 Å². The number of rotatable bonds is 5. The molecule has 2 rings (SSSR count). The number of carbonyl (C=O) groups excluding carboxylic acids is 1. The number of ketones is 1. The summed E-state index contributed by atoms with van der Waals surface area (Å²) in [6.45, 7) is 8.99. The van der Waals surface area contributed by atoms with E-state index in [2.05, 4.69) is 37.7 Å². The molecule has 1 unspecified atom stereocenters. The van der Waals surface area contributed by atoms with E-state index >= 15 is 0 Å². The molecule has 3 nitrogen and oxygen atoms in total. The van der Waals surface area contributed by atoms with Crippen molar-refractivity contribution >= 4 is 5.78 Å². The Hall–Kier alpha value is -0.410. The van der Waals surface area contributed by atoms with Gasteiger partial charge in [0.2, 0.25) is 0 Å². The number of hydrogen-bond donors (Lipinski definition) is 0. The maximum atomic E-state index is 12.7. The van der Waals surface area contributed by atoms with Crippen LogP contribution in [0.4, 0.5) is 0 Å². The lowest BCUT2D eigenvalue weighted by Gasteiger charge is -2.43. The summed E-state index contributed by atoms with van der Waals surface area (Å²) in [6.07, 6.45) is 6.52. The molecule has 116 valence electrons. The molecule has 0 bridgehead atoms. The molecule has 0 radical (unpaired) electrons. The summed E-state index contributed by atoms with van der Waals surface area (Å²) in [5.41, 5.74) is 0.333. The summed E-state index contributed by atoms with van der Waals surface area (Å²) in [4.78, 5) is 17.5. The first-order chi connectivity index (χ1) is 9.45. The Bertz CT molecular complexity index is 349. The van der Waals surface area contributed by atoms with Gasteiger partial charge < -0.3 is 9.80 Å². The Kier molecular flexibility index (Phi) is 4.91. The monoisotopic (exact) mass is 280 g/mol. The molecule has 1 heterocycles. The minimum Gasteiger partial charge on any atom is -0.308 e. The molecule has 2 fully saturated rings. The molecule has 0 aromatic heterocycles. The highest BCUT2D eigenvalue weighted by molar-refractivity contribution is 5.86. The van der Waals surface area contributed by atoms with Crippen molar-refractivity contribution in [3.8, 4) is 0 Å². The Morgan fingerprint density at radius 3 is 2.40 bits per heavy atom. The first-order valence-corrected chi connectivity index (χ1v) is 8.36. The maximum Gasteiger partial charge on any atom is 0.139 e. The molecule has 1 atom stereocenters. The number of Topliss-reactive ketones (excluding diaryl/α,β-unsaturated/α-hetero) is 1. The number of nitrogens with zero attached hydrogens (tertiary/aromatic N) is 2. The average molecular weight is 280 g/mol. The standard InChI is InChI=1S/C17H32N2O/c1-5-17(6-2)8-7-16(13-15(17)20)9-10-19(14-16)12-11-18(3)4/h5-14H2,1-4H3. The highest BCUT2D eigenvalue weighted by Crippen LogP contribution is 2.50. The van der Waals surface area contributed by atoms with Gasteiger partial charge in [-0.05, 0) is 58.2 Å². The first kappa shape index (κ1) is 16.0. The van der Waals surface area contributed by atoms with Gasteiger partial charge in [-0.1, -0.05) is 13.8 Å². The highest BCUT2D eigenvalue weighted by Gasteiger charge is 2.49. The Labute approximate surface area is 124 Å². The molecule has 2 aliphatic rings. The number of likely N-dealkylation sites (tertiary alicyclic amines) is 1. The van der Waals surface area contributed by atoms with Crippen LogP contribution < -0.4 is 0 Å². The zero-order valence-electron chi connectivity index (χ0n) is 13.9. The largest absolute Gasteiger partial charge is 0.308 e.